The topological polar surface area (TPSA) is 15.3 Å². The Morgan fingerprint density at radius 2 is 2.38 bits per heavy atom. The Morgan fingerprint density at radius 3 is 2.92 bits per heavy atom. The molecule has 0 radical (unpaired) electrons. The van der Waals surface area contributed by atoms with Gasteiger partial charge in [-0.2, -0.15) is 0 Å². The Morgan fingerprint density at radius 1 is 1.62 bits per heavy atom. The fourth-order valence-corrected chi connectivity index (χ4v) is 1.76. The van der Waals surface area contributed by atoms with Gasteiger partial charge in [-0.1, -0.05) is 5.57 Å². The van der Waals surface area contributed by atoms with Crippen LogP contribution in [0.5, 0.6) is 0 Å². The maximum atomic E-state index is 3.93. The summed E-state index contributed by atoms with van der Waals surface area (Å²) in [5.74, 6) is 0. The lowest BCUT2D eigenvalue weighted by Gasteiger charge is -2.31. The van der Waals surface area contributed by atoms with E-state index in [1.54, 1.807) is 0 Å². The molecular weight excluding hydrogens is 160 g/mol. The van der Waals surface area contributed by atoms with Crippen molar-refractivity contribution in [1.82, 2.24) is 10.2 Å². The first-order valence-electron chi connectivity index (χ1n) is 5.25. The molecule has 2 nitrogen and oxygen atoms in total. The standard InChI is InChI=1S/C11H22N2/c1-10(2)6-8-13(3)11-5-4-7-12-9-11/h11-12H,1,4-9H2,2-3H3. The summed E-state index contributed by atoms with van der Waals surface area (Å²) in [6, 6.07) is 0.744. The van der Waals surface area contributed by atoms with Gasteiger partial charge in [0, 0.05) is 19.1 Å². The average molecular weight is 182 g/mol. The van der Waals surface area contributed by atoms with E-state index in [-0.39, 0.29) is 0 Å². The molecule has 0 bridgehead atoms. The van der Waals surface area contributed by atoms with Crippen molar-refractivity contribution >= 4 is 0 Å². The fraction of sp³-hybridized carbons (Fsp3) is 0.818. The number of likely N-dealkylation sites (N-methyl/N-ethyl adjacent to an activating group) is 1. The summed E-state index contributed by atoms with van der Waals surface area (Å²) in [5.41, 5.74) is 1.29. The summed E-state index contributed by atoms with van der Waals surface area (Å²) < 4.78 is 0. The molecule has 0 aromatic rings. The summed E-state index contributed by atoms with van der Waals surface area (Å²) in [6.07, 6.45) is 3.80. The fourth-order valence-electron chi connectivity index (χ4n) is 1.76. The van der Waals surface area contributed by atoms with Gasteiger partial charge in [0.2, 0.25) is 0 Å². The van der Waals surface area contributed by atoms with E-state index >= 15 is 0 Å². The third kappa shape index (κ3) is 3.92. The second-order valence-electron chi connectivity index (χ2n) is 4.19. The van der Waals surface area contributed by atoms with Gasteiger partial charge in [0.25, 0.3) is 0 Å². The number of hydrogen-bond donors (Lipinski definition) is 1. The molecule has 1 N–H and O–H groups in total. The van der Waals surface area contributed by atoms with Gasteiger partial charge in [0.1, 0.15) is 0 Å². The first-order chi connectivity index (χ1) is 6.20. The van der Waals surface area contributed by atoms with Crippen molar-refractivity contribution in [3.05, 3.63) is 12.2 Å². The molecular formula is C11H22N2. The summed E-state index contributed by atoms with van der Waals surface area (Å²) in [6.45, 7) is 9.55. The molecule has 0 aromatic carbocycles. The lowest BCUT2D eigenvalue weighted by molar-refractivity contribution is 0.205. The second-order valence-corrected chi connectivity index (χ2v) is 4.19. The Hall–Kier alpha value is -0.340. The second kappa shape index (κ2) is 5.40. The van der Waals surface area contributed by atoms with Crippen LogP contribution in [0.25, 0.3) is 0 Å². The van der Waals surface area contributed by atoms with E-state index in [9.17, 15) is 0 Å². The van der Waals surface area contributed by atoms with Crippen molar-refractivity contribution in [3.8, 4) is 0 Å². The molecule has 1 unspecified atom stereocenters. The first kappa shape index (κ1) is 10.7. The number of nitrogens with zero attached hydrogens (tertiary/aromatic N) is 1. The summed E-state index contributed by atoms with van der Waals surface area (Å²) in [7, 11) is 2.22. The van der Waals surface area contributed by atoms with Crippen molar-refractivity contribution in [1.29, 1.82) is 0 Å². The Balaban J connectivity index is 2.20. The van der Waals surface area contributed by atoms with Crippen molar-refractivity contribution in [2.45, 2.75) is 32.2 Å². The van der Waals surface area contributed by atoms with E-state index in [2.05, 4.69) is 30.8 Å². The lowest BCUT2D eigenvalue weighted by Crippen LogP contribution is -2.44. The molecule has 0 saturated carbocycles. The van der Waals surface area contributed by atoms with Crippen LogP contribution < -0.4 is 5.32 Å². The highest BCUT2D eigenvalue weighted by molar-refractivity contribution is 4.89. The minimum atomic E-state index is 0.744. The monoisotopic (exact) mass is 182 g/mol. The minimum Gasteiger partial charge on any atom is -0.315 e. The van der Waals surface area contributed by atoms with Crippen molar-refractivity contribution in [2.75, 3.05) is 26.7 Å². The van der Waals surface area contributed by atoms with Crippen LogP contribution in [0, 0.1) is 0 Å². The largest absolute Gasteiger partial charge is 0.315 e. The molecule has 0 spiro atoms. The zero-order valence-corrected chi connectivity index (χ0v) is 8.97. The third-order valence-corrected chi connectivity index (χ3v) is 2.79. The maximum Gasteiger partial charge on any atom is 0.0218 e. The molecule has 0 amide bonds. The maximum absolute atomic E-state index is 3.93. The van der Waals surface area contributed by atoms with Gasteiger partial charge in [-0.05, 0) is 39.8 Å². The van der Waals surface area contributed by atoms with Crippen LogP contribution in [0.1, 0.15) is 26.2 Å². The Labute approximate surface area is 82.0 Å². The predicted molar refractivity (Wildman–Crippen MR) is 58.0 cm³/mol. The van der Waals surface area contributed by atoms with Gasteiger partial charge >= 0.3 is 0 Å². The summed E-state index contributed by atoms with van der Waals surface area (Å²) in [5, 5.41) is 3.44. The van der Waals surface area contributed by atoms with Crippen LogP contribution in [0.4, 0.5) is 0 Å². The van der Waals surface area contributed by atoms with Crippen molar-refractivity contribution in [3.63, 3.8) is 0 Å². The van der Waals surface area contributed by atoms with Crippen LogP contribution in [0.3, 0.4) is 0 Å². The lowest BCUT2D eigenvalue weighted by atomic mass is 10.1. The number of rotatable bonds is 4. The van der Waals surface area contributed by atoms with E-state index in [0.717, 1.165) is 25.6 Å². The molecule has 0 aliphatic carbocycles. The van der Waals surface area contributed by atoms with Crippen LogP contribution in [-0.2, 0) is 0 Å². The Bertz CT molecular complexity index is 159. The predicted octanol–water partition coefficient (Wildman–Crippen LogP) is 1.64. The molecule has 1 aliphatic heterocycles. The van der Waals surface area contributed by atoms with Crippen LogP contribution in [0.2, 0.25) is 0 Å². The van der Waals surface area contributed by atoms with Gasteiger partial charge in [0.15, 0.2) is 0 Å². The molecule has 1 atom stereocenters. The molecule has 1 saturated heterocycles. The zero-order chi connectivity index (χ0) is 9.68. The molecule has 13 heavy (non-hydrogen) atoms. The van der Waals surface area contributed by atoms with Crippen LogP contribution in [0.15, 0.2) is 12.2 Å². The molecule has 1 rings (SSSR count). The molecule has 1 aliphatic rings. The Kier molecular flexibility index (Phi) is 4.46. The van der Waals surface area contributed by atoms with Gasteiger partial charge in [-0.3, -0.25) is 0 Å². The minimum absolute atomic E-state index is 0.744. The number of piperidine rings is 1. The molecule has 1 fully saturated rings. The molecule has 0 aromatic heterocycles. The molecule has 76 valence electrons. The third-order valence-electron chi connectivity index (χ3n) is 2.79. The van der Waals surface area contributed by atoms with E-state index in [4.69, 9.17) is 0 Å². The van der Waals surface area contributed by atoms with E-state index in [0.29, 0.717) is 0 Å². The van der Waals surface area contributed by atoms with Crippen molar-refractivity contribution < 1.29 is 0 Å². The number of hydrogen-bond acceptors (Lipinski definition) is 2. The van der Waals surface area contributed by atoms with E-state index < -0.39 is 0 Å². The van der Waals surface area contributed by atoms with Gasteiger partial charge in [-0.25, -0.2) is 0 Å². The highest BCUT2D eigenvalue weighted by Crippen LogP contribution is 2.09. The number of nitrogens with one attached hydrogen (secondary N) is 1. The smallest absolute Gasteiger partial charge is 0.0218 e. The molecule has 2 heteroatoms. The van der Waals surface area contributed by atoms with Crippen LogP contribution >= 0.6 is 0 Å². The quantitative estimate of drug-likeness (QED) is 0.665. The van der Waals surface area contributed by atoms with Gasteiger partial charge < -0.3 is 10.2 Å². The van der Waals surface area contributed by atoms with Crippen LogP contribution in [-0.4, -0.2) is 37.6 Å². The zero-order valence-electron chi connectivity index (χ0n) is 8.97. The van der Waals surface area contributed by atoms with E-state index in [1.165, 1.54) is 25.0 Å². The SMILES string of the molecule is C=C(C)CCN(C)C1CCCNC1. The van der Waals surface area contributed by atoms with Gasteiger partial charge in [0.05, 0.1) is 0 Å². The normalized spacial score (nSPS) is 23.5. The molecule has 1 heterocycles. The average Bonchev–Trinajstić information content (AvgIpc) is 2.15. The van der Waals surface area contributed by atoms with E-state index in [1.807, 2.05) is 0 Å². The summed E-state index contributed by atoms with van der Waals surface area (Å²) >= 11 is 0. The van der Waals surface area contributed by atoms with Crippen molar-refractivity contribution in [2.24, 2.45) is 0 Å². The first-order valence-corrected chi connectivity index (χ1v) is 5.25. The van der Waals surface area contributed by atoms with Gasteiger partial charge in [-0.15, -0.1) is 6.58 Å². The highest BCUT2D eigenvalue weighted by atomic mass is 15.2. The summed E-state index contributed by atoms with van der Waals surface area (Å²) in [4.78, 5) is 2.46. The highest BCUT2D eigenvalue weighted by Gasteiger charge is 2.16.